The Bertz CT molecular complexity index is 398. The lowest BCUT2D eigenvalue weighted by Gasteiger charge is -2.16. The number of nitrogens with zero attached hydrogens (tertiary/aromatic N) is 2. The van der Waals surface area contributed by atoms with Crippen LogP contribution in [0.25, 0.3) is 0 Å². The fraction of sp³-hybridized carbons (Fsp3) is 0.615. The summed E-state index contributed by atoms with van der Waals surface area (Å²) in [5.41, 5.74) is 0.356. The van der Waals surface area contributed by atoms with Crippen molar-refractivity contribution in [3.05, 3.63) is 17.8 Å². The van der Waals surface area contributed by atoms with Crippen LogP contribution in [0, 0.1) is 0 Å². The Morgan fingerprint density at radius 3 is 3.00 bits per heavy atom. The normalized spacial score (nSPS) is 19.5. The van der Waals surface area contributed by atoms with Gasteiger partial charge in [-0.15, -0.1) is 10.2 Å². The Labute approximate surface area is 113 Å². The third-order valence-corrected chi connectivity index (χ3v) is 3.16. The van der Waals surface area contributed by atoms with Gasteiger partial charge in [0.2, 0.25) is 0 Å². The summed E-state index contributed by atoms with van der Waals surface area (Å²) in [5, 5.41) is 17.5. The molecule has 1 aliphatic heterocycles. The molecule has 0 aromatic carbocycles. The monoisotopic (exact) mass is 263 g/mol. The summed E-state index contributed by atoms with van der Waals surface area (Å²) < 4.78 is 0. The highest BCUT2D eigenvalue weighted by atomic mass is 16.1. The lowest BCUT2D eigenvalue weighted by Crippen LogP contribution is -2.25. The SMILES string of the molecule is CCNC(=O)c1ccc(NC2CCCNCC2)nn1. The van der Waals surface area contributed by atoms with Crippen LogP contribution in [0.4, 0.5) is 5.82 Å². The number of nitrogens with one attached hydrogen (secondary N) is 3. The topological polar surface area (TPSA) is 78.9 Å². The second kappa shape index (κ2) is 7.04. The predicted molar refractivity (Wildman–Crippen MR) is 74.2 cm³/mol. The van der Waals surface area contributed by atoms with Crippen molar-refractivity contribution < 1.29 is 4.79 Å². The standard InChI is InChI=1S/C13H21N5O/c1-2-15-13(19)11-5-6-12(18-17-11)16-10-4-3-8-14-9-7-10/h5-6,10,14H,2-4,7-9H2,1H3,(H,15,19)(H,16,18). The van der Waals surface area contributed by atoms with Gasteiger partial charge in [0.15, 0.2) is 5.69 Å². The zero-order valence-corrected chi connectivity index (χ0v) is 11.3. The molecule has 3 N–H and O–H groups in total. The van der Waals surface area contributed by atoms with Gasteiger partial charge in [0.1, 0.15) is 5.82 Å². The number of anilines is 1. The van der Waals surface area contributed by atoms with Crippen LogP contribution < -0.4 is 16.0 Å². The molecule has 1 amide bonds. The Kier molecular flexibility index (Phi) is 5.09. The van der Waals surface area contributed by atoms with E-state index in [0.717, 1.165) is 31.7 Å². The maximum absolute atomic E-state index is 11.5. The Morgan fingerprint density at radius 1 is 1.37 bits per heavy atom. The van der Waals surface area contributed by atoms with E-state index in [1.807, 2.05) is 13.0 Å². The summed E-state index contributed by atoms with van der Waals surface area (Å²) >= 11 is 0. The number of aromatic nitrogens is 2. The van der Waals surface area contributed by atoms with E-state index in [0.29, 0.717) is 18.3 Å². The molecule has 1 atom stereocenters. The van der Waals surface area contributed by atoms with Crippen LogP contribution in [-0.4, -0.2) is 41.8 Å². The third kappa shape index (κ3) is 4.17. The molecule has 2 heterocycles. The Balaban J connectivity index is 1.92. The fourth-order valence-electron chi connectivity index (χ4n) is 2.15. The van der Waals surface area contributed by atoms with Gasteiger partial charge in [0, 0.05) is 12.6 Å². The Morgan fingerprint density at radius 2 is 2.26 bits per heavy atom. The number of amides is 1. The molecule has 0 spiro atoms. The maximum Gasteiger partial charge on any atom is 0.271 e. The zero-order valence-electron chi connectivity index (χ0n) is 11.3. The first-order valence-corrected chi connectivity index (χ1v) is 6.88. The van der Waals surface area contributed by atoms with Gasteiger partial charge in [-0.25, -0.2) is 0 Å². The third-order valence-electron chi connectivity index (χ3n) is 3.16. The molecule has 0 aliphatic carbocycles. The average molecular weight is 263 g/mol. The zero-order chi connectivity index (χ0) is 13.5. The molecule has 2 rings (SSSR count). The average Bonchev–Trinajstić information content (AvgIpc) is 2.68. The molecule has 1 unspecified atom stereocenters. The van der Waals surface area contributed by atoms with Gasteiger partial charge in [0.25, 0.3) is 5.91 Å². The highest BCUT2D eigenvalue weighted by Crippen LogP contribution is 2.11. The van der Waals surface area contributed by atoms with E-state index >= 15 is 0 Å². The molecule has 19 heavy (non-hydrogen) atoms. The minimum absolute atomic E-state index is 0.180. The Hall–Kier alpha value is -1.69. The van der Waals surface area contributed by atoms with Gasteiger partial charge in [-0.05, 0) is 51.4 Å². The van der Waals surface area contributed by atoms with E-state index in [2.05, 4.69) is 26.1 Å². The van der Waals surface area contributed by atoms with Gasteiger partial charge < -0.3 is 16.0 Å². The molecule has 0 radical (unpaired) electrons. The van der Waals surface area contributed by atoms with Crippen molar-refractivity contribution in [2.45, 2.75) is 32.2 Å². The van der Waals surface area contributed by atoms with Gasteiger partial charge in [-0.3, -0.25) is 4.79 Å². The van der Waals surface area contributed by atoms with E-state index in [-0.39, 0.29) is 5.91 Å². The molecular weight excluding hydrogens is 242 g/mol. The molecule has 1 aromatic rings. The van der Waals surface area contributed by atoms with Gasteiger partial charge >= 0.3 is 0 Å². The second-order valence-corrected chi connectivity index (χ2v) is 4.69. The quantitative estimate of drug-likeness (QED) is 0.748. The smallest absolute Gasteiger partial charge is 0.271 e. The van der Waals surface area contributed by atoms with Crippen molar-refractivity contribution in [1.82, 2.24) is 20.8 Å². The van der Waals surface area contributed by atoms with E-state index in [9.17, 15) is 4.79 Å². The predicted octanol–water partition coefficient (Wildman–Crippen LogP) is 0.780. The summed E-state index contributed by atoms with van der Waals surface area (Å²) in [4.78, 5) is 11.5. The van der Waals surface area contributed by atoms with E-state index in [1.165, 1.54) is 6.42 Å². The van der Waals surface area contributed by atoms with E-state index in [4.69, 9.17) is 0 Å². The molecule has 1 fully saturated rings. The van der Waals surface area contributed by atoms with Crippen molar-refractivity contribution in [3.63, 3.8) is 0 Å². The largest absolute Gasteiger partial charge is 0.366 e. The number of rotatable bonds is 4. The molecule has 1 aromatic heterocycles. The molecular formula is C13H21N5O. The van der Waals surface area contributed by atoms with Gasteiger partial charge in [-0.2, -0.15) is 0 Å². The van der Waals surface area contributed by atoms with Crippen LogP contribution in [0.5, 0.6) is 0 Å². The first kappa shape index (κ1) is 13.7. The van der Waals surface area contributed by atoms with Crippen molar-refractivity contribution in [1.29, 1.82) is 0 Å². The van der Waals surface area contributed by atoms with Crippen LogP contribution >= 0.6 is 0 Å². The molecule has 104 valence electrons. The number of carbonyl (C=O) groups excluding carboxylic acids is 1. The van der Waals surface area contributed by atoms with E-state index in [1.54, 1.807) is 6.07 Å². The van der Waals surface area contributed by atoms with Crippen LogP contribution in [0.3, 0.4) is 0 Å². The molecule has 1 aliphatic rings. The lowest BCUT2D eigenvalue weighted by molar-refractivity contribution is 0.0950. The van der Waals surface area contributed by atoms with Crippen molar-refractivity contribution in [2.75, 3.05) is 25.0 Å². The summed E-state index contributed by atoms with van der Waals surface area (Å²) in [6.45, 7) is 4.58. The van der Waals surface area contributed by atoms with Crippen LogP contribution in [0.2, 0.25) is 0 Å². The van der Waals surface area contributed by atoms with Crippen LogP contribution in [0.15, 0.2) is 12.1 Å². The summed E-state index contributed by atoms with van der Waals surface area (Å²) in [5.74, 6) is 0.556. The minimum atomic E-state index is -0.180. The fourth-order valence-corrected chi connectivity index (χ4v) is 2.15. The molecule has 0 bridgehead atoms. The van der Waals surface area contributed by atoms with Gasteiger partial charge in [-0.1, -0.05) is 0 Å². The minimum Gasteiger partial charge on any atom is -0.366 e. The second-order valence-electron chi connectivity index (χ2n) is 4.69. The first-order chi connectivity index (χ1) is 9.29. The maximum atomic E-state index is 11.5. The van der Waals surface area contributed by atoms with Crippen molar-refractivity contribution >= 4 is 11.7 Å². The highest BCUT2D eigenvalue weighted by Gasteiger charge is 2.13. The number of hydrogen-bond donors (Lipinski definition) is 3. The molecule has 6 nitrogen and oxygen atoms in total. The first-order valence-electron chi connectivity index (χ1n) is 6.88. The van der Waals surface area contributed by atoms with Crippen LogP contribution in [0.1, 0.15) is 36.7 Å². The van der Waals surface area contributed by atoms with Gasteiger partial charge in [0.05, 0.1) is 0 Å². The molecule has 6 heteroatoms. The number of hydrogen-bond acceptors (Lipinski definition) is 5. The lowest BCUT2D eigenvalue weighted by atomic mass is 10.1. The molecule has 1 saturated heterocycles. The molecule has 0 saturated carbocycles. The van der Waals surface area contributed by atoms with Crippen molar-refractivity contribution in [2.24, 2.45) is 0 Å². The number of carbonyl (C=O) groups is 1. The van der Waals surface area contributed by atoms with Crippen molar-refractivity contribution in [3.8, 4) is 0 Å². The highest BCUT2D eigenvalue weighted by molar-refractivity contribution is 5.92. The summed E-state index contributed by atoms with van der Waals surface area (Å²) in [6.07, 6.45) is 3.38. The summed E-state index contributed by atoms with van der Waals surface area (Å²) in [7, 11) is 0. The van der Waals surface area contributed by atoms with E-state index < -0.39 is 0 Å². The summed E-state index contributed by atoms with van der Waals surface area (Å²) in [6, 6.07) is 3.95. The van der Waals surface area contributed by atoms with Crippen LogP contribution in [-0.2, 0) is 0 Å².